The lowest BCUT2D eigenvalue weighted by atomic mass is 10.1. The van der Waals surface area contributed by atoms with Crippen molar-refractivity contribution in [1.82, 2.24) is 9.88 Å². The van der Waals surface area contributed by atoms with E-state index in [2.05, 4.69) is 10.3 Å². The van der Waals surface area contributed by atoms with Crippen LogP contribution in [0.15, 0.2) is 36.4 Å². The van der Waals surface area contributed by atoms with Gasteiger partial charge in [0.05, 0.1) is 9.58 Å². The minimum absolute atomic E-state index is 0.164. The molecule has 23 heavy (non-hydrogen) atoms. The van der Waals surface area contributed by atoms with Crippen LogP contribution in [0.3, 0.4) is 0 Å². The molecule has 1 amide bonds. The van der Waals surface area contributed by atoms with Gasteiger partial charge in [0, 0.05) is 18.8 Å². The molecule has 1 N–H and O–H groups in total. The molecule has 0 saturated carbocycles. The van der Waals surface area contributed by atoms with Crippen molar-refractivity contribution in [1.29, 1.82) is 0 Å². The van der Waals surface area contributed by atoms with Crippen LogP contribution in [0.4, 0.5) is 10.8 Å². The lowest BCUT2D eigenvalue weighted by Gasteiger charge is -2.26. The number of piperidine rings is 1. The average Bonchev–Trinajstić information content (AvgIpc) is 3.14. The van der Waals surface area contributed by atoms with Crippen LogP contribution in [0.25, 0.3) is 9.53 Å². The van der Waals surface area contributed by atoms with Gasteiger partial charge in [-0.05, 0) is 37.5 Å². The van der Waals surface area contributed by atoms with Crippen LogP contribution in [0.1, 0.15) is 28.9 Å². The van der Waals surface area contributed by atoms with Crippen molar-refractivity contribution in [2.45, 2.75) is 19.3 Å². The van der Waals surface area contributed by atoms with Gasteiger partial charge in [-0.2, -0.15) is 0 Å². The number of hydrogen-bond acceptors (Lipinski definition) is 5. The van der Waals surface area contributed by atoms with Crippen LogP contribution in [0.5, 0.6) is 0 Å². The Morgan fingerprint density at radius 1 is 1.09 bits per heavy atom. The van der Waals surface area contributed by atoms with E-state index < -0.39 is 0 Å². The summed E-state index contributed by atoms with van der Waals surface area (Å²) in [5.74, 6) is 0.164. The zero-order valence-corrected chi connectivity index (χ0v) is 14.3. The van der Waals surface area contributed by atoms with Crippen molar-refractivity contribution in [3.05, 3.63) is 41.3 Å². The summed E-state index contributed by atoms with van der Waals surface area (Å²) in [6.07, 6.45) is 3.48. The van der Waals surface area contributed by atoms with Crippen LogP contribution in [0.2, 0.25) is 0 Å². The fourth-order valence-electron chi connectivity index (χ4n) is 2.79. The molecule has 6 heteroatoms. The van der Waals surface area contributed by atoms with Crippen LogP contribution in [0, 0.1) is 0 Å². The SMILES string of the molecule is O=C(c1cc2sc(Nc3ccccc3)nc2s1)N1CCCCC1. The van der Waals surface area contributed by atoms with Gasteiger partial charge >= 0.3 is 0 Å². The molecule has 118 valence electrons. The number of nitrogens with zero attached hydrogens (tertiary/aromatic N) is 2. The molecule has 0 unspecified atom stereocenters. The van der Waals surface area contributed by atoms with Gasteiger partial charge < -0.3 is 10.2 Å². The molecule has 3 aromatic rings. The van der Waals surface area contributed by atoms with E-state index in [9.17, 15) is 4.79 Å². The van der Waals surface area contributed by atoms with E-state index in [1.165, 1.54) is 17.8 Å². The van der Waals surface area contributed by atoms with E-state index >= 15 is 0 Å². The summed E-state index contributed by atoms with van der Waals surface area (Å²) in [7, 11) is 0. The maximum atomic E-state index is 12.5. The number of nitrogens with one attached hydrogen (secondary N) is 1. The number of rotatable bonds is 3. The third-order valence-electron chi connectivity index (χ3n) is 3.97. The molecule has 4 rings (SSSR count). The average molecular weight is 343 g/mol. The summed E-state index contributed by atoms with van der Waals surface area (Å²) < 4.78 is 1.08. The maximum Gasteiger partial charge on any atom is 0.264 e. The predicted molar refractivity (Wildman–Crippen MR) is 97.0 cm³/mol. The summed E-state index contributed by atoms with van der Waals surface area (Å²) in [5.41, 5.74) is 1.03. The van der Waals surface area contributed by atoms with Crippen molar-refractivity contribution in [3.8, 4) is 0 Å². The number of amides is 1. The Kier molecular flexibility index (Phi) is 4.01. The van der Waals surface area contributed by atoms with Crippen molar-refractivity contribution in [3.63, 3.8) is 0 Å². The number of anilines is 2. The standard InChI is InChI=1S/C17H17N3OS2/c21-16(20-9-5-2-6-10-20)14-11-13-15(22-14)19-17(23-13)18-12-7-3-1-4-8-12/h1,3-4,7-8,11H,2,5-6,9-10H2,(H,18,19). The van der Waals surface area contributed by atoms with Gasteiger partial charge in [-0.1, -0.05) is 29.5 Å². The molecule has 0 radical (unpaired) electrons. The molecule has 1 saturated heterocycles. The number of thiazole rings is 1. The van der Waals surface area contributed by atoms with Crippen molar-refractivity contribution >= 4 is 48.9 Å². The fourth-order valence-corrected chi connectivity index (χ4v) is 4.90. The van der Waals surface area contributed by atoms with Gasteiger partial charge in [0.15, 0.2) is 5.13 Å². The summed E-state index contributed by atoms with van der Waals surface area (Å²) in [6, 6.07) is 12.0. The smallest absolute Gasteiger partial charge is 0.264 e. The molecule has 4 nitrogen and oxygen atoms in total. The molecule has 0 atom stereocenters. The first kappa shape index (κ1) is 14.7. The highest BCUT2D eigenvalue weighted by molar-refractivity contribution is 7.29. The number of aromatic nitrogens is 1. The number of para-hydroxylation sites is 1. The van der Waals surface area contributed by atoms with E-state index in [-0.39, 0.29) is 5.91 Å². The normalized spacial score (nSPS) is 15.0. The Bertz CT molecular complexity index is 787. The lowest BCUT2D eigenvalue weighted by molar-refractivity contribution is 0.0729. The van der Waals surface area contributed by atoms with Crippen LogP contribution in [-0.2, 0) is 0 Å². The number of carbonyl (C=O) groups excluding carboxylic acids is 1. The highest BCUT2D eigenvalue weighted by Gasteiger charge is 2.21. The molecule has 1 aliphatic heterocycles. The van der Waals surface area contributed by atoms with E-state index in [0.717, 1.165) is 51.2 Å². The van der Waals surface area contributed by atoms with E-state index in [4.69, 9.17) is 0 Å². The molecular formula is C17H17N3OS2. The number of hydrogen-bond donors (Lipinski definition) is 1. The Morgan fingerprint density at radius 2 is 1.87 bits per heavy atom. The van der Waals surface area contributed by atoms with Gasteiger partial charge in [-0.3, -0.25) is 4.79 Å². The molecule has 2 aromatic heterocycles. The second kappa shape index (κ2) is 6.29. The highest BCUT2D eigenvalue weighted by atomic mass is 32.1. The molecule has 1 fully saturated rings. The first-order chi connectivity index (χ1) is 11.3. The van der Waals surface area contributed by atoms with Crippen molar-refractivity contribution < 1.29 is 4.79 Å². The number of benzene rings is 1. The zero-order chi connectivity index (χ0) is 15.6. The Morgan fingerprint density at radius 3 is 2.61 bits per heavy atom. The maximum absolute atomic E-state index is 12.5. The molecular weight excluding hydrogens is 326 g/mol. The van der Waals surface area contributed by atoms with Gasteiger partial charge in [-0.25, -0.2) is 4.98 Å². The summed E-state index contributed by atoms with van der Waals surface area (Å²) in [4.78, 5) is 20.9. The monoisotopic (exact) mass is 343 g/mol. The van der Waals surface area contributed by atoms with Crippen LogP contribution < -0.4 is 5.32 Å². The van der Waals surface area contributed by atoms with Crippen molar-refractivity contribution in [2.75, 3.05) is 18.4 Å². The van der Waals surface area contributed by atoms with Crippen LogP contribution in [-0.4, -0.2) is 28.9 Å². The first-order valence-corrected chi connectivity index (χ1v) is 9.44. The van der Waals surface area contributed by atoms with Crippen LogP contribution >= 0.6 is 22.7 Å². The molecule has 1 aromatic carbocycles. The molecule has 1 aliphatic rings. The Balaban J connectivity index is 1.53. The second-order valence-electron chi connectivity index (χ2n) is 5.64. The lowest BCUT2D eigenvalue weighted by Crippen LogP contribution is -2.35. The van der Waals surface area contributed by atoms with E-state index in [0.29, 0.717) is 0 Å². The largest absolute Gasteiger partial charge is 0.338 e. The first-order valence-electron chi connectivity index (χ1n) is 7.81. The highest BCUT2D eigenvalue weighted by Crippen LogP contribution is 2.34. The summed E-state index contributed by atoms with van der Waals surface area (Å²) in [5, 5.41) is 4.18. The Labute approximate surface area is 142 Å². The quantitative estimate of drug-likeness (QED) is 0.748. The minimum atomic E-state index is 0.164. The fraction of sp³-hybridized carbons (Fsp3) is 0.294. The third-order valence-corrected chi connectivity index (χ3v) is 6.03. The molecule has 3 heterocycles. The predicted octanol–water partition coefficient (Wildman–Crippen LogP) is 4.73. The number of likely N-dealkylation sites (tertiary alicyclic amines) is 1. The topological polar surface area (TPSA) is 45.2 Å². The van der Waals surface area contributed by atoms with Gasteiger partial charge in [0.1, 0.15) is 4.83 Å². The van der Waals surface area contributed by atoms with Gasteiger partial charge in [-0.15, -0.1) is 11.3 Å². The van der Waals surface area contributed by atoms with Gasteiger partial charge in [0.25, 0.3) is 5.91 Å². The second-order valence-corrected chi connectivity index (χ2v) is 7.70. The number of thiophene rings is 1. The van der Waals surface area contributed by atoms with E-state index in [1.807, 2.05) is 41.3 Å². The molecule has 0 spiro atoms. The summed E-state index contributed by atoms with van der Waals surface area (Å²) in [6.45, 7) is 1.78. The Hall–Kier alpha value is -1.92. The van der Waals surface area contributed by atoms with E-state index in [1.54, 1.807) is 11.3 Å². The molecule has 0 aliphatic carbocycles. The molecule has 0 bridgehead atoms. The minimum Gasteiger partial charge on any atom is -0.338 e. The third kappa shape index (κ3) is 3.09. The number of carbonyl (C=O) groups is 1. The zero-order valence-electron chi connectivity index (χ0n) is 12.6. The number of fused-ring (bicyclic) bond motifs is 1. The van der Waals surface area contributed by atoms with Gasteiger partial charge in [0.2, 0.25) is 0 Å². The summed E-state index contributed by atoms with van der Waals surface area (Å²) >= 11 is 3.09. The van der Waals surface area contributed by atoms with Crippen molar-refractivity contribution in [2.24, 2.45) is 0 Å².